The third-order valence-corrected chi connectivity index (χ3v) is 3.42. The standard InChI is InChI=1S/C16H17NO5/c17-13(16(20)21)9-12(15(18)19)8-10-3-1-4-11(7-10)14-5-2-6-22-14/h1-7,12-13H,8-9,17H2,(H,18,19)(H,20,21)/t12-,13+/m0/s1. The van der Waals surface area contributed by atoms with Crippen LogP contribution in [-0.2, 0) is 16.0 Å². The van der Waals surface area contributed by atoms with E-state index in [1.807, 2.05) is 24.3 Å². The molecular formula is C16H17NO5. The van der Waals surface area contributed by atoms with E-state index in [4.69, 9.17) is 15.3 Å². The van der Waals surface area contributed by atoms with E-state index in [-0.39, 0.29) is 12.8 Å². The molecule has 4 N–H and O–H groups in total. The van der Waals surface area contributed by atoms with Crippen LogP contribution in [-0.4, -0.2) is 28.2 Å². The van der Waals surface area contributed by atoms with Crippen molar-refractivity contribution in [1.29, 1.82) is 0 Å². The van der Waals surface area contributed by atoms with Crippen molar-refractivity contribution >= 4 is 11.9 Å². The normalized spacial score (nSPS) is 13.5. The first kappa shape index (κ1) is 15.8. The summed E-state index contributed by atoms with van der Waals surface area (Å²) in [5.41, 5.74) is 7.07. The van der Waals surface area contributed by atoms with Gasteiger partial charge in [0.15, 0.2) is 0 Å². The summed E-state index contributed by atoms with van der Waals surface area (Å²) < 4.78 is 5.31. The van der Waals surface area contributed by atoms with Crippen LogP contribution in [0.25, 0.3) is 11.3 Å². The molecule has 6 heteroatoms. The quantitative estimate of drug-likeness (QED) is 0.720. The number of hydrogen-bond donors (Lipinski definition) is 3. The highest BCUT2D eigenvalue weighted by Gasteiger charge is 2.24. The number of carboxylic acids is 2. The monoisotopic (exact) mass is 303 g/mol. The van der Waals surface area contributed by atoms with Gasteiger partial charge in [0.25, 0.3) is 0 Å². The molecule has 0 saturated heterocycles. The summed E-state index contributed by atoms with van der Waals surface area (Å²) in [6, 6.07) is 9.71. The Balaban J connectivity index is 2.15. The molecule has 0 aliphatic heterocycles. The number of benzene rings is 1. The van der Waals surface area contributed by atoms with Crippen LogP contribution in [0.1, 0.15) is 12.0 Å². The molecule has 1 aromatic heterocycles. The van der Waals surface area contributed by atoms with Crippen molar-refractivity contribution in [3.05, 3.63) is 48.2 Å². The van der Waals surface area contributed by atoms with Gasteiger partial charge < -0.3 is 20.4 Å². The van der Waals surface area contributed by atoms with E-state index >= 15 is 0 Å². The van der Waals surface area contributed by atoms with Crippen LogP contribution in [0.5, 0.6) is 0 Å². The van der Waals surface area contributed by atoms with Crippen LogP contribution < -0.4 is 5.73 Å². The molecule has 6 nitrogen and oxygen atoms in total. The summed E-state index contributed by atoms with van der Waals surface area (Å²) in [7, 11) is 0. The lowest BCUT2D eigenvalue weighted by Gasteiger charge is -2.15. The molecule has 0 aliphatic carbocycles. The van der Waals surface area contributed by atoms with Crippen LogP contribution in [0.4, 0.5) is 0 Å². The lowest BCUT2D eigenvalue weighted by atomic mass is 9.92. The highest BCUT2D eigenvalue weighted by Crippen LogP contribution is 2.23. The van der Waals surface area contributed by atoms with E-state index < -0.39 is 23.9 Å². The molecule has 1 aromatic carbocycles. The van der Waals surface area contributed by atoms with Crippen molar-refractivity contribution in [3.8, 4) is 11.3 Å². The van der Waals surface area contributed by atoms with Crippen molar-refractivity contribution < 1.29 is 24.2 Å². The maximum atomic E-state index is 11.3. The summed E-state index contributed by atoms with van der Waals surface area (Å²) >= 11 is 0. The van der Waals surface area contributed by atoms with Gasteiger partial charge in [-0.3, -0.25) is 9.59 Å². The van der Waals surface area contributed by atoms with Crippen LogP contribution in [0, 0.1) is 5.92 Å². The van der Waals surface area contributed by atoms with Gasteiger partial charge in [-0.25, -0.2) is 0 Å². The van der Waals surface area contributed by atoms with Gasteiger partial charge in [0.2, 0.25) is 0 Å². The van der Waals surface area contributed by atoms with E-state index in [2.05, 4.69) is 0 Å². The van der Waals surface area contributed by atoms with E-state index in [9.17, 15) is 14.7 Å². The zero-order chi connectivity index (χ0) is 16.1. The Morgan fingerprint density at radius 2 is 1.91 bits per heavy atom. The second-order valence-electron chi connectivity index (χ2n) is 5.10. The van der Waals surface area contributed by atoms with E-state index in [1.54, 1.807) is 18.4 Å². The number of aliphatic carboxylic acids is 2. The fraction of sp³-hybridized carbons (Fsp3) is 0.250. The second-order valence-corrected chi connectivity index (χ2v) is 5.10. The minimum atomic E-state index is -1.20. The van der Waals surface area contributed by atoms with Gasteiger partial charge in [-0.2, -0.15) is 0 Å². The van der Waals surface area contributed by atoms with Gasteiger partial charge in [-0.1, -0.05) is 18.2 Å². The minimum absolute atomic E-state index is 0.115. The molecule has 0 aliphatic rings. The maximum absolute atomic E-state index is 11.3. The molecule has 22 heavy (non-hydrogen) atoms. The van der Waals surface area contributed by atoms with Crippen molar-refractivity contribution in [2.24, 2.45) is 11.7 Å². The molecule has 0 saturated carbocycles. The SMILES string of the molecule is N[C@H](C[C@H](Cc1cccc(-c2ccco2)c1)C(=O)O)C(=O)O. The largest absolute Gasteiger partial charge is 0.481 e. The Labute approximate surface area is 127 Å². The summed E-state index contributed by atoms with van der Waals surface area (Å²) in [6.07, 6.45) is 1.66. The highest BCUT2D eigenvalue weighted by molar-refractivity contribution is 5.76. The summed E-state index contributed by atoms with van der Waals surface area (Å²) in [5, 5.41) is 18.1. The van der Waals surface area contributed by atoms with Gasteiger partial charge in [0.05, 0.1) is 12.2 Å². The Hall–Kier alpha value is -2.60. The van der Waals surface area contributed by atoms with Gasteiger partial charge >= 0.3 is 11.9 Å². The fourth-order valence-electron chi connectivity index (χ4n) is 2.26. The number of carbonyl (C=O) groups is 2. The Bertz CT molecular complexity index is 650. The van der Waals surface area contributed by atoms with Crippen molar-refractivity contribution in [2.45, 2.75) is 18.9 Å². The lowest BCUT2D eigenvalue weighted by Crippen LogP contribution is -2.35. The fourth-order valence-corrected chi connectivity index (χ4v) is 2.26. The van der Waals surface area contributed by atoms with Gasteiger partial charge in [-0.05, 0) is 36.6 Å². The number of furan rings is 1. The molecule has 0 radical (unpaired) electrons. The van der Waals surface area contributed by atoms with Gasteiger partial charge in [0.1, 0.15) is 11.8 Å². The molecular weight excluding hydrogens is 286 g/mol. The number of rotatable bonds is 7. The molecule has 116 valence electrons. The second kappa shape index (κ2) is 6.91. The van der Waals surface area contributed by atoms with E-state index in [0.717, 1.165) is 11.1 Å². The number of carboxylic acid groups (broad SMARTS) is 2. The highest BCUT2D eigenvalue weighted by atomic mass is 16.4. The first-order valence-corrected chi connectivity index (χ1v) is 6.81. The minimum Gasteiger partial charge on any atom is -0.481 e. The van der Waals surface area contributed by atoms with E-state index in [0.29, 0.717) is 5.76 Å². The average molecular weight is 303 g/mol. The van der Waals surface area contributed by atoms with Gasteiger partial charge in [-0.15, -0.1) is 0 Å². The average Bonchev–Trinajstić information content (AvgIpc) is 3.00. The van der Waals surface area contributed by atoms with E-state index in [1.165, 1.54) is 0 Å². The molecule has 2 atom stereocenters. The topological polar surface area (TPSA) is 114 Å². The predicted octanol–water partition coefficient (Wildman–Crippen LogP) is 1.99. The summed E-state index contributed by atoms with van der Waals surface area (Å²) in [4.78, 5) is 22.1. The lowest BCUT2D eigenvalue weighted by molar-refractivity contribution is -0.143. The molecule has 0 amide bonds. The first-order chi connectivity index (χ1) is 10.5. The van der Waals surface area contributed by atoms with Crippen LogP contribution >= 0.6 is 0 Å². The number of hydrogen-bond acceptors (Lipinski definition) is 4. The summed E-state index contributed by atoms with van der Waals surface area (Å²) in [6.45, 7) is 0. The van der Waals surface area contributed by atoms with Crippen LogP contribution in [0.3, 0.4) is 0 Å². The molecule has 0 spiro atoms. The molecule has 0 fully saturated rings. The maximum Gasteiger partial charge on any atom is 0.320 e. The van der Waals surface area contributed by atoms with Crippen molar-refractivity contribution in [2.75, 3.05) is 0 Å². The Kier molecular flexibility index (Phi) is 4.95. The Morgan fingerprint density at radius 3 is 2.50 bits per heavy atom. The third-order valence-electron chi connectivity index (χ3n) is 3.42. The van der Waals surface area contributed by atoms with Gasteiger partial charge in [0, 0.05) is 5.56 Å². The molecule has 2 rings (SSSR count). The Morgan fingerprint density at radius 1 is 1.14 bits per heavy atom. The zero-order valence-electron chi connectivity index (χ0n) is 11.8. The molecule has 1 heterocycles. The van der Waals surface area contributed by atoms with Crippen molar-refractivity contribution in [3.63, 3.8) is 0 Å². The smallest absolute Gasteiger partial charge is 0.320 e. The molecule has 2 aromatic rings. The number of nitrogens with two attached hydrogens (primary N) is 1. The predicted molar refractivity (Wildman–Crippen MR) is 79.2 cm³/mol. The molecule has 0 bridgehead atoms. The van der Waals surface area contributed by atoms with Crippen LogP contribution in [0.15, 0.2) is 47.1 Å². The first-order valence-electron chi connectivity index (χ1n) is 6.81. The third kappa shape index (κ3) is 3.95. The molecule has 0 unspecified atom stereocenters. The summed E-state index contributed by atoms with van der Waals surface area (Å²) in [5.74, 6) is -2.41. The van der Waals surface area contributed by atoms with Crippen molar-refractivity contribution in [1.82, 2.24) is 0 Å². The van der Waals surface area contributed by atoms with Crippen LogP contribution in [0.2, 0.25) is 0 Å². The zero-order valence-corrected chi connectivity index (χ0v) is 11.8.